The first kappa shape index (κ1) is 23.6. The third-order valence-corrected chi connectivity index (χ3v) is 8.75. The van der Waals surface area contributed by atoms with Gasteiger partial charge in [-0.25, -0.2) is 4.21 Å². The van der Waals surface area contributed by atoms with Gasteiger partial charge in [0.05, 0.1) is 21.4 Å². The topological polar surface area (TPSA) is 97.3 Å². The van der Waals surface area contributed by atoms with Crippen molar-refractivity contribution in [3.05, 3.63) is 0 Å². The van der Waals surface area contributed by atoms with E-state index >= 15 is 0 Å². The Hall–Kier alpha value is -1.03. The number of carbonyl (C=O) groups excluding carboxylic acids is 2. The Balaban J connectivity index is 1.60. The summed E-state index contributed by atoms with van der Waals surface area (Å²) in [4.78, 5) is 26.9. The van der Waals surface area contributed by atoms with Crippen molar-refractivity contribution in [1.29, 1.82) is 0 Å². The van der Waals surface area contributed by atoms with E-state index in [1.54, 1.807) is 0 Å². The number of piperidine rings is 1. The molecule has 3 heterocycles. The Morgan fingerprint density at radius 2 is 2.03 bits per heavy atom. The van der Waals surface area contributed by atoms with Crippen molar-refractivity contribution < 1.29 is 23.3 Å². The number of methoxy groups -OCH3 is 1. The SMILES string of the molecule is CCCN1CCCCC1C(=O)N=S1(=O)CCC2(CC1)CC(NC(=O)COC)CCO2. The lowest BCUT2D eigenvalue weighted by Crippen LogP contribution is -2.52. The van der Waals surface area contributed by atoms with E-state index < -0.39 is 9.73 Å². The Bertz CT molecular complexity index is 718. The minimum Gasteiger partial charge on any atom is -0.375 e. The summed E-state index contributed by atoms with van der Waals surface area (Å²) in [6.07, 6.45) is 6.66. The average Bonchev–Trinajstić information content (AvgIpc) is 2.72. The van der Waals surface area contributed by atoms with Gasteiger partial charge in [-0.15, -0.1) is 0 Å². The summed E-state index contributed by atoms with van der Waals surface area (Å²) < 4.78 is 28.6. The van der Waals surface area contributed by atoms with E-state index in [0.29, 0.717) is 37.4 Å². The largest absolute Gasteiger partial charge is 0.375 e. The molecule has 1 spiro atoms. The van der Waals surface area contributed by atoms with Crippen molar-refractivity contribution in [2.24, 2.45) is 4.36 Å². The monoisotopic (exact) mass is 443 g/mol. The number of ether oxygens (including phenoxy) is 2. The van der Waals surface area contributed by atoms with E-state index in [1.807, 2.05) is 0 Å². The summed E-state index contributed by atoms with van der Waals surface area (Å²) in [6, 6.07) is -0.168. The number of amides is 2. The maximum absolute atomic E-state index is 13.3. The lowest BCUT2D eigenvalue weighted by atomic mass is 9.85. The van der Waals surface area contributed by atoms with E-state index in [-0.39, 0.29) is 36.1 Å². The van der Waals surface area contributed by atoms with Crippen LogP contribution < -0.4 is 5.32 Å². The molecule has 0 aliphatic carbocycles. The number of nitrogens with one attached hydrogen (secondary N) is 1. The third-order valence-electron chi connectivity index (χ3n) is 6.55. The van der Waals surface area contributed by atoms with Crippen LogP contribution in [0.5, 0.6) is 0 Å². The maximum atomic E-state index is 13.3. The van der Waals surface area contributed by atoms with Crippen LogP contribution in [0.3, 0.4) is 0 Å². The van der Waals surface area contributed by atoms with Crippen molar-refractivity contribution in [2.45, 2.75) is 76.0 Å². The molecule has 0 radical (unpaired) electrons. The first-order valence-electron chi connectivity index (χ1n) is 11.3. The fourth-order valence-electron chi connectivity index (χ4n) is 4.96. The Labute approximate surface area is 180 Å². The normalized spacial score (nSPS) is 35.1. The maximum Gasteiger partial charge on any atom is 0.271 e. The molecule has 30 heavy (non-hydrogen) atoms. The molecule has 3 aliphatic rings. The van der Waals surface area contributed by atoms with Gasteiger partial charge in [-0.3, -0.25) is 14.5 Å². The molecule has 0 bridgehead atoms. The lowest BCUT2D eigenvalue weighted by Gasteiger charge is -2.44. The van der Waals surface area contributed by atoms with Crippen LogP contribution in [0.2, 0.25) is 0 Å². The fourth-order valence-corrected chi connectivity index (χ4v) is 7.18. The molecular formula is C21H37N3O5S. The predicted octanol–water partition coefficient (Wildman–Crippen LogP) is 1.72. The Kier molecular flexibility index (Phi) is 8.29. The number of hydrogen-bond donors (Lipinski definition) is 1. The third kappa shape index (κ3) is 6.02. The Morgan fingerprint density at radius 3 is 2.73 bits per heavy atom. The van der Waals surface area contributed by atoms with Gasteiger partial charge >= 0.3 is 0 Å². The van der Waals surface area contributed by atoms with Gasteiger partial charge in [-0.05, 0) is 58.0 Å². The first-order valence-corrected chi connectivity index (χ1v) is 13.2. The quantitative estimate of drug-likeness (QED) is 0.671. The summed E-state index contributed by atoms with van der Waals surface area (Å²) in [5.74, 6) is 0.456. The molecule has 2 unspecified atom stereocenters. The zero-order valence-electron chi connectivity index (χ0n) is 18.4. The van der Waals surface area contributed by atoms with Crippen molar-refractivity contribution >= 4 is 21.5 Å². The van der Waals surface area contributed by atoms with E-state index in [1.165, 1.54) is 7.11 Å². The van der Waals surface area contributed by atoms with Gasteiger partial charge in [0, 0.05) is 31.3 Å². The van der Waals surface area contributed by atoms with E-state index in [9.17, 15) is 13.8 Å². The highest BCUT2D eigenvalue weighted by molar-refractivity contribution is 7.93. The molecule has 2 atom stereocenters. The van der Waals surface area contributed by atoms with Gasteiger partial charge in [0.2, 0.25) is 5.91 Å². The summed E-state index contributed by atoms with van der Waals surface area (Å²) >= 11 is 0. The molecule has 0 saturated carbocycles. The summed E-state index contributed by atoms with van der Waals surface area (Å²) in [5.41, 5.74) is -0.373. The second-order valence-corrected chi connectivity index (χ2v) is 11.4. The fraction of sp³-hybridized carbons (Fsp3) is 0.905. The van der Waals surface area contributed by atoms with Crippen LogP contribution >= 0.6 is 0 Å². The van der Waals surface area contributed by atoms with Gasteiger partial charge in [0.25, 0.3) is 5.91 Å². The van der Waals surface area contributed by atoms with Crippen LogP contribution in [0.4, 0.5) is 0 Å². The minimum atomic E-state index is -2.54. The predicted molar refractivity (Wildman–Crippen MR) is 116 cm³/mol. The van der Waals surface area contributed by atoms with E-state index in [4.69, 9.17) is 9.47 Å². The van der Waals surface area contributed by atoms with Gasteiger partial charge < -0.3 is 14.8 Å². The van der Waals surface area contributed by atoms with Crippen molar-refractivity contribution in [3.8, 4) is 0 Å². The summed E-state index contributed by atoms with van der Waals surface area (Å²) in [6.45, 7) is 4.55. The molecule has 3 saturated heterocycles. The van der Waals surface area contributed by atoms with E-state index in [0.717, 1.165) is 45.2 Å². The molecule has 3 fully saturated rings. The number of likely N-dealkylation sites (tertiary alicyclic amines) is 1. The summed E-state index contributed by atoms with van der Waals surface area (Å²) in [7, 11) is -1.04. The standard InChI is InChI=1S/C21H37N3O5S/c1-3-10-24-11-5-4-6-18(24)20(26)23-30(27)13-8-21(9-14-30)15-17(7-12-29-21)22-19(25)16-28-2/h17-18H,3-16H2,1-2H3,(H,22,25). The molecule has 2 amide bonds. The molecule has 3 rings (SSSR count). The highest BCUT2D eigenvalue weighted by atomic mass is 32.2. The number of nitrogens with zero attached hydrogens (tertiary/aromatic N) is 2. The van der Waals surface area contributed by atoms with Gasteiger partial charge in [-0.2, -0.15) is 4.36 Å². The van der Waals surface area contributed by atoms with Gasteiger partial charge in [0.15, 0.2) is 0 Å². The number of rotatable bonds is 6. The van der Waals surface area contributed by atoms with Gasteiger partial charge in [-0.1, -0.05) is 13.3 Å². The average molecular weight is 444 g/mol. The Morgan fingerprint density at radius 1 is 1.27 bits per heavy atom. The minimum absolute atomic E-state index is 0.0407. The number of carbonyl (C=O) groups is 2. The van der Waals surface area contributed by atoms with Gasteiger partial charge in [0.1, 0.15) is 6.61 Å². The summed E-state index contributed by atoms with van der Waals surface area (Å²) in [5, 5.41) is 3.01. The van der Waals surface area contributed by atoms with Crippen LogP contribution in [0.15, 0.2) is 4.36 Å². The molecule has 1 N–H and O–H groups in total. The van der Waals surface area contributed by atoms with Crippen LogP contribution in [0.25, 0.3) is 0 Å². The molecule has 8 nitrogen and oxygen atoms in total. The van der Waals surface area contributed by atoms with Crippen LogP contribution in [0, 0.1) is 0 Å². The second-order valence-electron chi connectivity index (χ2n) is 8.88. The highest BCUT2D eigenvalue weighted by Gasteiger charge is 2.42. The van der Waals surface area contributed by atoms with Crippen LogP contribution in [-0.2, 0) is 28.8 Å². The molecule has 172 valence electrons. The zero-order chi connectivity index (χ0) is 21.6. The van der Waals surface area contributed by atoms with Crippen LogP contribution in [0.1, 0.15) is 58.3 Å². The second kappa shape index (κ2) is 10.5. The number of hydrogen-bond acceptors (Lipinski definition) is 6. The zero-order valence-corrected chi connectivity index (χ0v) is 19.2. The van der Waals surface area contributed by atoms with E-state index in [2.05, 4.69) is 21.5 Å². The molecule has 0 aromatic carbocycles. The van der Waals surface area contributed by atoms with Crippen molar-refractivity contribution in [1.82, 2.24) is 10.2 Å². The lowest BCUT2D eigenvalue weighted by molar-refractivity contribution is -0.129. The molecule has 0 aromatic rings. The highest BCUT2D eigenvalue weighted by Crippen LogP contribution is 2.36. The molecule has 9 heteroatoms. The molecular weight excluding hydrogens is 406 g/mol. The molecule has 3 aliphatic heterocycles. The van der Waals surface area contributed by atoms with Crippen molar-refractivity contribution in [2.75, 3.05) is 44.9 Å². The van der Waals surface area contributed by atoms with Crippen LogP contribution in [-0.4, -0.2) is 83.5 Å². The first-order chi connectivity index (χ1) is 14.4. The van der Waals surface area contributed by atoms with Crippen molar-refractivity contribution in [3.63, 3.8) is 0 Å². The molecule has 0 aromatic heterocycles. The smallest absolute Gasteiger partial charge is 0.271 e.